The van der Waals surface area contributed by atoms with Crippen molar-refractivity contribution in [3.05, 3.63) is 78.6 Å². The lowest BCUT2D eigenvalue weighted by atomic mass is 10.1. The predicted octanol–water partition coefficient (Wildman–Crippen LogP) is 3.45. The molecule has 0 unspecified atom stereocenters. The predicted molar refractivity (Wildman–Crippen MR) is 115 cm³/mol. The first-order chi connectivity index (χ1) is 14.2. The number of fused-ring (bicyclic) bond motifs is 2. The molecule has 1 amide bonds. The Morgan fingerprint density at radius 1 is 0.862 bits per heavy atom. The monoisotopic (exact) mass is 383 g/mol. The van der Waals surface area contributed by atoms with Crippen molar-refractivity contribution in [1.82, 2.24) is 14.5 Å². The maximum atomic E-state index is 13.1. The number of anilines is 2. The normalized spacial score (nSPS) is 13.6. The van der Waals surface area contributed by atoms with Crippen LogP contribution in [0.4, 0.5) is 11.6 Å². The van der Waals surface area contributed by atoms with E-state index < -0.39 is 0 Å². The van der Waals surface area contributed by atoms with Gasteiger partial charge in [0.1, 0.15) is 0 Å². The first-order valence-corrected chi connectivity index (χ1v) is 9.69. The third-order valence-corrected chi connectivity index (χ3v) is 5.31. The van der Waals surface area contributed by atoms with Gasteiger partial charge < -0.3 is 9.47 Å². The maximum Gasteiger partial charge on any atom is 0.232 e. The van der Waals surface area contributed by atoms with Gasteiger partial charge in [0.2, 0.25) is 5.91 Å². The van der Waals surface area contributed by atoms with Crippen molar-refractivity contribution >= 4 is 28.6 Å². The van der Waals surface area contributed by atoms with E-state index in [4.69, 9.17) is 9.97 Å². The number of amides is 1. The van der Waals surface area contributed by atoms with Gasteiger partial charge in [0.05, 0.1) is 17.5 Å². The first-order valence-electron chi connectivity index (χ1n) is 9.69. The van der Waals surface area contributed by atoms with Crippen LogP contribution in [0.3, 0.4) is 0 Å². The topological polar surface area (TPSA) is 54.3 Å². The Bertz CT molecular complexity index is 1170. The number of hydrogen-bond acceptors (Lipinski definition) is 4. The van der Waals surface area contributed by atoms with Crippen LogP contribution in [0, 0.1) is 0 Å². The molecule has 3 heterocycles. The molecule has 1 aliphatic heterocycles. The summed E-state index contributed by atoms with van der Waals surface area (Å²) in [5.41, 5.74) is 3.71. The molecule has 6 nitrogen and oxygen atoms in total. The van der Waals surface area contributed by atoms with E-state index in [9.17, 15) is 4.79 Å². The molecular weight excluding hydrogens is 362 g/mol. The van der Waals surface area contributed by atoms with Gasteiger partial charge in [-0.3, -0.25) is 9.69 Å². The molecule has 1 aliphatic rings. The van der Waals surface area contributed by atoms with Gasteiger partial charge >= 0.3 is 0 Å². The van der Waals surface area contributed by atoms with E-state index in [0.717, 1.165) is 34.6 Å². The van der Waals surface area contributed by atoms with Gasteiger partial charge in [-0.25, -0.2) is 9.97 Å². The molecule has 0 spiro atoms. The SMILES string of the molecule is CN1CCN(C(=O)Cc2ccc(-n3cccc3)cc2)c2nc3ccccc3nc21. The summed E-state index contributed by atoms with van der Waals surface area (Å²) in [5, 5.41) is 0. The zero-order valence-corrected chi connectivity index (χ0v) is 16.2. The van der Waals surface area contributed by atoms with Crippen molar-refractivity contribution in [2.24, 2.45) is 0 Å². The Morgan fingerprint density at radius 2 is 1.52 bits per heavy atom. The summed E-state index contributed by atoms with van der Waals surface area (Å²) >= 11 is 0. The van der Waals surface area contributed by atoms with Gasteiger partial charge in [-0.15, -0.1) is 0 Å². The van der Waals surface area contributed by atoms with Crippen molar-refractivity contribution in [2.75, 3.05) is 29.9 Å². The number of benzene rings is 2. The van der Waals surface area contributed by atoms with Crippen molar-refractivity contribution in [2.45, 2.75) is 6.42 Å². The van der Waals surface area contributed by atoms with Crippen LogP contribution >= 0.6 is 0 Å². The van der Waals surface area contributed by atoms with Gasteiger partial charge in [-0.2, -0.15) is 0 Å². The molecule has 6 heteroatoms. The molecule has 0 bridgehead atoms. The van der Waals surface area contributed by atoms with Gasteiger partial charge in [0.15, 0.2) is 11.6 Å². The van der Waals surface area contributed by atoms with Crippen LogP contribution in [0.25, 0.3) is 16.7 Å². The van der Waals surface area contributed by atoms with E-state index >= 15 is 0 Å². The number of aromatic nitrogens is 3. The summed E-state index contributed by atoms with van der Waals surface area (Å²) in [7, 11) is 1.99. The molecule has 0 saturated heterocycles. The van der Waals surface area contributed by atoms with E-state index in [1.807, 2.05) is 84.7 Å². The Morgan fingerprint density at radius 3 is 2.21 bits per heavy atom. The summed E-state index contributed by atoms with van der Waals surface area (Å²) in [6.07, 6.45) is 4.35. The van der Waals surface area contributed by atoms with E-state index in [1.54, 1.807) is 4.90 Å². The highest BCUT2D eigenvalue weighted by Gasteiger charge is 2.28. The lowest BCUT2D eigenvalue weighted by molar-refractivity contribution is -0.118. The lowest BCUT2D eigenvalue weighted by Crippen LogP contribution is -2.44. The largest absolute Gasteiger partial charge is 0.355 e. The summed E-state index contributed by atoms with van der Waals surface area (Å²) in [6, 6.07) is 19.8. The number of carbonyl (C=O) groups is 1. The molecule has 0 N–H and O–H groups in total. The van der Waals surface area contributed by atoms with Crippen molar-refractivity contribution in [1.29, 1.82) is 0 Å². The molecule has 144 valence electrons. The fourth-order valence-corrected chi connectivity index (χ4v) is 3.69. The maximum absolute atomic E-state index is 13.1. The molecule has 29 heavy (non-hydrogen) atoms. The van der Waals surface area contributed by atoms with Crippen LogP contribution in [0.1, 0.15) is 5.56 Å². The van der Waals surface area contributed by atoms with Crippen molar-refractivity contribution in [3.8, 4) is 5.69 Å². The minimum absolute atomic E-state index is 0.0395. The van der Waals surface area contributed by atoms with Gasteiger partial charge in [-0.1, -0.05) is 24.3 Å². The molecule has 0 atom stereocenters. The highest BCUT2D eigenvalue weighted by atomic mass is 16.2. The third kappa shape index (κ3) is 3.23. The summed E-state index contributed by atoms with van der Waals surface area (Å²) < 4.78 is 2.04. The molecule has 5 rings (SSSR count). The van der Waals surface area contributed by atoms with Gasteiger partial charge in [-0.05, 0) is 42.0 Å². The number of nitrogens with zero attached hydrogens (tertiary/aromatic N) is 5. The fraction of sp³-hybridized carbons (Fsp3) is 0.174. The van der Waals surface area contributed by atoms with Crippen LogP contribution in [0.2, 0.25) is 0 Å². The zero-order valence-electron chi connectivity index (χ0n) is 16.2. The summed E-state index contributed by atoms with van der Waals surface area (Å²) in [5.74, 6) is 1.44. The Kier molecular flexibility index (Phi) is 4.24. The number of likely N-dealkylation sites (N-methyl/N-ethyl adjacent to an activating group) is 1. The van der Waals surface area contributed by atoms with Crippen LogP contribution in [0.15, 0.2) is 73.1 Å². The Balaban J connectivity index is 1.42. The molecule has 2 aromatic carbocycles. The second-order valence-electron chi connectivity index (χ2n) is 7.26. The van der Waals surface area contributed by atoms with E-state index in [2.05, 4.69) is 4.90 Å². The Labute approximate surface area is 169 Å². The number of rotatable bonds is 3. The minimum Gasteiger partial charge on any atom is -0.355 e. The molecule has 4 aromatic rings. The number of carbonyl (C=O) groups excluding carboxylic acids is 1. The molecule has 0 fully saturated rings. The second kappa shape index (κ2) is 7.05. The average Bonchev–Trinajstić information content (AvgIpc) is 3.28. The van der Waals surface area contributed by atoms with E-state index in [-0.39, 0.29) is 5.91 Å². The van der Waals surface area contributed by atoms with E-state index in [1.165, 1.54) is 0 Å². The Hall–Kier alpha value is -3.67. The smallest absolute Gasteiger partial charge is 0.232 e. The molecular formula is C23H21N5O. The minimum atomic E-state index is 0.0395. The molecule has 0 saturated carbocycles. The summed E-state index contributed by atoms with van der Waals surface area (Å²) in [6.45, 7) is 1.34. The third-order valence-electron chi connectivity index (χ3n) is 5.31. The summed E-state index contributed by atoms with van der Waals surface area (Å²) in [4.78, 5) is 26.5. The molecule has 0 aliphatic carbocycles. The van der Waals surface area contributed by atoms with Gasteiger partial charge in [0, 0.05) is 38.2 Å². The quantitative estimate of drug-likeness (QED) is 0.544. The van der Waals surface area contributed by atoms with Crippen LogP contribution < -0.4 is 9.80 Å². The van der Waals surface area contributed by atoms with Gasteiger partial charge in [0.25, 0.3) is 0 Å². The highest BCUT2D eigenvalue weighted by Crippen LogP contribution is 2.31. The standard InChI is InChI=1S/C23H21N5O/c1-26-14-15-28(23-22(26)24-19-6-2-3-7-20(19)25-23)21(29)16-17-8-10-18(11-9-17)27-12-4-5-13-27/h2-13H,14-16H2,1H3. The fourth-order valence-electron chi connectivity index (χ4n) is 3.69. The second-order valence-corrected chi connectivity index (χ2v) is 7.26. The number of hydrogen-bond donors (Lipinski definition) is 0. The van der Waals surface area contributed by atoms with Crippen LogP contribution in [-0.2, 0) is 11.2 Å². The van der Waals surface area contributed by atoms with Crippen molar-refractivity contribution < 1.29 is 4.79 Å². The number of para-hydroxylation sites is 2. The first kappa shape index (κ1) is 17.4. The van der Waals surface area contributed by atoms with Crippen molar-refractivity contribution in [3.63, 3.8) is 0 Å². The highest BCUT2D eigenvalue weighted by molar-refractivity contribution is 5.98. The van der Waals surface area contributed by atoms with Crippen LogP contribution in [-0.4, -0.2) is 40.6 Å². The van der Waals surface area contributed by atoms with Crippen LogP contribution in [0.5, 0.6) is 0 Å². The van der Waals surface area contributed by atoms with E-state index in [0.29, 0.717) is 18.8 Å². The molecule has 0 radical (unpaired) electrons. The average molecular weight is 383 g/mol. The lowest BCUT2D eigenvalue weighted by Gasteiger charge is -2.33. The zero-order chi connectivity index (χ0) is 19.8. The molecule has 2 aromatic heterocycles.